The molecule has 3 aromatic rings. The topological polar surface area (TPSA) is 79.5 Å². The highest BCUT2D eigenvalue weighted by Crippen LogP contribution is 2.25. The van der Waals surface area contributed by atoms with Gasteiger partial charge in [-0.05, 0) is 36.6 Å². The highest BCUT2D eigenvalue weighted by molar-refractivity contribution is 7.91. The van der Waals surface area contributed by atoms with E-state index in [1.54, 1.807) is 12.0 Å². The lowest BCUT2D eigenvalue weighted by molar-refractivity contribution is 0.0720. The number of methoxy groups -OCH3 is 1. The summed E-state index contributed by atoms with van der Waals surface area (Å²) >= 11 is 0. The third-order valence-electron chi connectivity index (χ3n) is 5.51. The van der Waals surface area contributed by atoms with Gasteiger partial charge in [0.25, 0.3) is 5.91 Å². The summed E-state index contributed by atoms with van der Waals surface area (Å²) in [5.41, 5.74) is 2.16. The molecule has 6 nitrogen and oxygen atoms in total. The zero-order valence-corrected chi connectivity index (χ0v) is 17.1. The molecule has 2 heterocycles. The van der Waals surface area contributed by atoms with Crippen LogP contribution in [-0.2, 0) is 15.6 Å². The predicted molar refractivity (Wildman–Crippen MR) is 113 cm³/mol. The number of carbonyl (C=O) groups excluding carboxylic acids is 1. The van der Waals surface area contributed by atoms with E-state index >= 15 is 0 Å². The summed E-state index contributed by atoms with van der Waals surface area (Å²) < 4.78 is 30.7. The van der Waals surface area contributed by atoms with E-state index in [1.807, 2.05) is 54.6 Å². The molecule has 1 aromatic heterocycles. The van der Waals surface area contributed by atoms with E-state index in [0.29, 0.717) is 31.6 Å². The first-order valence-electron chi connectivity index (χ1n) is 9.68. The van der Waals surface area contributed by atoms with E-state index in [4.69, 9.17) is 4.74 Å². The number of amides is 1. The van der Waals surface area contributed by atoms with Crippen LogP contribution in [-0.4, -0.2) is 49.7 Å². The molecule has 1 amide bonds. The van der Waals surface area contributed by atoms with Crippen molar-refractivity contribution in [1.82, 2.24) is 9.88 Å². The molecule has 7 heteroatoms. The van der Waals surface area contributed by atoms with Gasteiger partial charge in [0.1, 0.15) is 11.4 Å². The fourth-order valence-electron chi connectivity index (χ4n) is 3.86. The Morgan fingerprint density at radius 1 is 1.10 bits per heavy atom. The van der Waals surface area contributed by atoms with Crippen molar-refractivity contribution in [3.05, 3.63) is 65.9 Å². The van der Waals surface area contributed by atoms with Crippen molar-refractivity contribution in [3.8, 4) is 5.75 Å². The molecular weight excluding hydrogens is 388 g/mol. The fourth-order valence-corrected chi connectivity index (χ4v) is 5.68. The maximum absolute atomic E-state index is 12.9. The van der Waals surface area contributed by atoms with Crippen LogP contribution in [0.5, 0.6) is 5.75 Å². The molecule has 1 fully saturated rings. The van der Waals surface area contributed by atoms with E-state index in [-0.39, 0.29) is 11.7 Å². The number of rotatable bonds is 5. The van der Waals surface area contributed by atoms with Gasteiger partial charge in [0, 0.05) is 30.1 Å². The van der Waals surface area contributed by atoms with Crippen molar-refractivity contribution >= 4 is 26.6 Å². The number of fused-ring (bicyclic) bond motifs is 1. The molecule has 1 saturated heterocycles. The van der Waals surface area contributed by atoms with Crippen LogP contribution in [0.1, 0.15) is 28.9 Å². The summed E-state index contributed by atoms with van der Waals surface area (Å²) in [7, 11) is -1.63. The number of aromatic nitrogens is 1. The van der Waals surface area contributed by atoms with Crippen LogP contribution in [0.2, 0.25) is 0 Å². The molecule has 152 valence electrons. The Morgan fingerprint density at radius 3 is 2.52 bits per heavy atom. The molecule has 0 unspecified atom stereocenters. The van der Waals surface area contributed by atoms with Gasteiger partial charge in [-0.1, -0.05) is 30.3 Å². The van der Waals surface area contributed by atoms with E-state index in [9.17, 15) is 13.2 Å². The van der Waals surface area contributed by atoms with Crippen LogP contribution in [0.4, 0.5) is 0 Å². The van der Waals surface area contributed by atoms with Crippen LogP contribution in [0.3, 0.4) is 0 Å². The number of carbonyl (C=O) groups is 1. The zero-order chi connectivity index (χ0) is 20.4. The van der Waals surface area contributed by atoms with Gasteiger partial charge in [0.15, 0.2) is 9.84 Å². The molecule has 0 spiro atoms. The second kappa shape index (κ2) is 7.91. The average Bonchev–Trinajstić information content (AvgIpc) is 3.17. The summed E-state index contributed by atoms with van der Waals surface area (Å²) in [4.78, 5) is 17.8. The van der Waals surface area contributed by atoms with Crippen molar-refractivity contribution in [2.45, 2.75) is 23.8 Å². The number of benzene rings is 2. The van der Waals surface area contributed by atoms with Gasteiger partial charge in [-0.2, -0.15) is 0 Å². The van der Waals surface area contributed by atoms with Gasteiger partial charge in [-0.15, -0.1) is 0 Å². The standard InChI is InChI=1S/C22H24N2O4S/c1-28-18-8-7-17-13-21(23-20(17)14-18)22(25)24-11-9-19(10-12-24)29(26,27)15-16-5-3-2-4-6-16/h2-8,13-14,19,23H,9-12,15H2,1H3. The minimum Gasteiger partial charge on any atom is -0.497 e. The molecule has 4 rings (SSSR count). The number of piperidine rings is 1. The third kappa shape index (κ3) is 4.15. The lowest BCUT2D eigenvalue weighted by Gasteiger charge is -2.31. The largest absolute Gasteiger partial charge is 0.497 e. The number of sulfone groups is 1. The lowest BCUT2D eigenvalue weighted by atomic mass is 10.1. The minimum absolute atomic E-state index is 0.0519. The first-order chi connectivity index (χ1) is 14.0. The molecule has 1 aliphatic rings. The Kier molecular flexibility index (Phi) is 5.32. The number of nitrogens with zero attached hydrogens (tertiary/aromatic N) is 1. The highest BCUT2D eigenvalue weighted by Gasteiger charge is 2.32. The molecule has 1 aliphatic heterocycles. The zero-order valence-electron chi connectivity index (χ0n) is 16.3. The molecule has 0 atom stereocenters. The van der Waals surface area contributed by atoms with Crippen molar-refractivity contribution < 1.29 is 17.9 Å². The van der Waals surface area contributed by atoms with E-state index in [0.717, 1.165) is 22.2 Å². The first-order valence-corrected chi connectivity index (χ1v) is 11.4. The van der Waals surface area contributed by atoms with Crippen LogP contribution in [0.25, 0.3) is 10.9 Å². The molecule has 29 heavy (non-hydrogen) atoms. The summed E-state index contributed by atoms with van der Waals surface area (Å²) in [6.07, 6.45) is 0.934. The Labute approximate surface area is 170 Å². The molecular formula is C22H24N2O4S. The number of nitrogens with one attached hydrogen (secondary N) is 1. The lowest BCUT2D eigenvalue weighted by Crippen LogP contribution is -2.42. The normalized spacial score (nSPS) is 15.6. The van der Waals surface area contributed by atoms with E-state index in [1.165, 1.54) is 0 Å². The number of H-pyrrole nitrogens is 1. The monoisotopic (exact) mass is 412 g/mol. The van der Waals surface area contributed by atoms with E-state index in [2.05, 4.69) is 4.98 Å². The Bertz CT molecular complexity index is 1110. The van der Waals surface area contributed by atoms with Gasteiger partial charge in [0.2, 0.25) is 0 Å². The summed E-state index contributed by atoms with van der Waals surface area (Å²) in [6.45, 7) is 0.881. The SMILES string of the molecule is COc1ccc2cc(C(=O)N3CCC(S(=O)(=O)Cc4ccccc4)CC3)[nH]c2c1. The smallest absolute Gasteiger partial charge is 0.270 e. The molecule has 1 N–H and O–H groups in total. The second-order valence-electron chi connectivity index (χ2n) is 7.42. The predicted octanol–water partition coefficient (Wildman–Crippen LogP) is 3.40. The van der Waals surface area contributed by atoms with Crippen LogP contribution < -0.4 is 4.74 Å². The van der Waals surface area contributed by atoms with Gasteiger partial charge in [-0.3, -0.25) is 4.79 Å². The number of ether oxygens (including phenoxy) is 1. The molecule has 0 bridgehead atoms. The minimum atomic E-state index is -3.24. The molecule has 0 radical (unpaired) electrons. The van der Waals surface area contributed by atoms with Crippen LogP contribution >= 0.6 is 0 Å². The number of aromatic amines is 1. The van der Waals surface area contributed by atoms with Crippen molar-refractivity contribution in [2.24, 2.45) is 0 Å². The van der Waals surface area contributed by atoms with Gasteiger partial charge < -0.3 is 14.6 Å². The van der Waals surface area contributed by atoms with Crippen LogP contribution in [0.15, 0.2) is 54.6 Å². The first kappa shape index (κ1) is 19.5. The Balaban J connectivity index is 1.42. The second-order valence-corrected chi connectivity index (χ2v) is 9.70. The Morgan fingerprint density at radius 2 is 1.83 bits per heavy atom. The number of likely N-dealkylation sites (tertiary alicyclic amines) is 1. The van der Waals surface area contributed by atoms with E-state index < -0.39 is 15.1 Å². The fraction of sp³-hybridized carbons (Fsp3) is 0.318. The third-order valence-corrected chi connectivity index (χ3v) is 7.73. The summed E-state index contributed by atoms with van der Waals surface area (Å²) in [5, 5.41) is 0.535. The number of hydrogen-bond acceptors (Lipinski definition) is 4. The molecule has 0 aliphatic carbocycles. The van der Waals surface area contributed by atoms with Gasteiger partial charge in [0.05, 0.1) is 18.1 Å². The van der Waals surface area contributed by atoms with Crippen molar-refractivity contribution in [1.29, 1.82) is 0 Å². The average molecular weight is 413 g/mol. The van der Waals surface area contributed by atoms with Crippen molar-refractivity contribution in [2.75, 3.05) is 20.2 Å². The van der Waals surface area contributed by atoms with Crippen molar-refractivity contribution in [3.63, 3.8) is 0 Å². The van der Waals surface area contributed by atoms with Crippen LogP contribution in [0, 0.1) is 0 Å². The molecule has 2 aromatic carbocycles. The van der Waals surface area contributed by atoms with Gasteiger partial charge >= 0.3 is 0 Å². The van der Waals surface area contributed by atoms with Gasteiger partial charge in [-0.25, -0.2) is 8.42 Å². The summed E-state index contributed by atoms with van der Waals surface area (Å²) in [5.74, 6) is 0.679. The quantitative estimate of drug-likeness (QED) is 0.697. The molecule has 0 saturated carbocycles. The Hall–Kier alpha value is -2.80. The maximum atomic E-state index is 12.9. The highest BCUT2D eigenvalue weighted by atomic mass is 32.2. The summed E-state index contributed by atoms with van der Waals surface area (Å²) in [6, 6.07) is 16.7. The number of hydrogen-bond donors (Lipinski definition) is 1. The maximum Gasteiger partial charge on any atom is 0.270 e.